The molecule has 1 aliphatic heterocycles. The van der Waals surface area contributed by atoms with E-state index in [1.54, 1.807) is 17.4 Å². The van der Waals surface area contributed by atoms with E-state index in [0.717, 1.165) is 42.9 Å². The van der Waals surface area contributed by atoms with Crippen molar-refractivity contribution in [2.45, 2.75) is 33.1 Å². The number of piperazine rings is 1. The monoisotopic (exact) mass is 358 g/mol. The van der Waals surface area contributed by atoms with E-state index in [1.807, 2.05) is 23.1 Å². The van der Waals surface area contributed by atoms with Crippen molar-refractivity contribution in [2.75, 3.05) is 31.1 Å². The van der Waals surface area contributed by atoms with Gasteiger partial charge in [0.1, 0.15) is 5.75 Å². The van der Waals surface area contributed by atoms with Crippen LogP contribution in [0.25, 0.3) is 0 Å². The molecule has 25 heavy (non-hydrogen) atoms. The summed E-state index contributed by atoms with van der Waals surface area (Å²) >= 11 is 1.67. The zero-order chi connectivity index (χ0) is 17.8. The number of anilines is 1. The molecule has 0 bridgehead atoms. The van der Waals surface area contributed by atoms with Gasteiger partial charge in [0.2, 0.25) is 0 Å². The van der Waals surface area contributed by atoms with E-state index >= 15 is 0 Å². The Kier molecular flexibility index (Phi) is 5.63. The standard InChI is InChI=1S/C20H26N2O2S/c1-3-7-18-15(4-2)14-19(25-18)20(24)22-12-10-21(11-13-22)16-8-5-6-9-17(16)23/h5-6,8-9,14,23H,3-4,7,10-13H2,1-2H3. The maximum Gasteiger partial charge on any atom is 0.264 e. The lowest BCUT2D eigenvalue weighted by atomic mass is 10.1. The van der Waals surface area contributed by atoms with Crippen molar-refractivity contribution in [2.24, 2.45) is 0 Å². The Hall–Kier alpha value is -2.01. The van der Waals surface area contributed by atoms with Crippen molar-refractivity contribution in [1.82, 2.24) is 4.90 Å². The minimum Gasteiger partial charge on any atom is -0.506 e. The van der Waals surface area contributed by atoms with E-state index in [1.165, 1.54) is 10.4 Å². The summed E-state index contributed by atoms with van der Waals surface area (Å²) < 4.78 is 0. The van der Waals surface area contributed by atoms with Crippen LogP contribution in [0.15, 0.2) is 30.3 Å². The molecule has 1 saturated heterocycles. The van der Waals surface area contributed by atoms with Gasteiger partial charge in [-0.3, -0.25) is 4.79 Å². The van der Waals surface area contributed by atoms with E-state index in [2.05, 4.69) is 24.8 Å². The van der Waals surface area contributed by atoms with Gasteiger partial charge in [0.25, 0.3) is 5.91 Å². The first-order valence-electron chi connectivity index (χ1n) is 9.07. The van der Waals surface area contributed by atoms with E-state index < -0.39 is 0 Å². The molecule has 1 amide bonds. The second-order valence-corrected chi connectivity index (χ2v) is 7.57. The van der Waals surface area contributed by atoms with Gasteiger partial charge < -0.3 is 14.9 Å². The van der Waals surface area contributed by atoms with Gasteiger partial charge in [-0.05, 0) is 36.6 Å². The molecule has 1 aromatic carbocycles. The lowest BCUT2D eigenvalue weighted by molar-refractivity contribution is 0.0751. The van der Waals surface area contributed by atoms with Crippen LogP contribution in [0.5, 0.6) is 5.75 Å². The van der Waals surface area contributed by atoms with E-state index in [9.17, 15) is 9.90 Å². The average Bonchev–Trinajstić information content (AvgIpc) is 3.05. The first kappa shape index (κ1) is 17.8. The number of aromatic hydroxyl groups is 1. The molecule has 5 heteroatoms. The van der Waals surface area contributed by atoms with Crippen molar-refractivity contribution in [3.63, 3.8) is 0 Å². The summed E-state index contributed by atoms with van der Waals surface area (Å²) in [6.45, 7) is 7.21. The SMILES string of the molecule is CCCc1sc(C(=O)N2CCN(c3ccccc3O)CC2)cc1CC. The molecule has 0 radical (unpaired) electrons. The van der Waals surface area contributed by atoms with Crippen LogP contribution in [0.3, 0.4) is 0 Å². The fourth-order valence-electron chi connectivity index (χ4n) is 3.35. The maximum absolute atomic E-state index is 12.9. The lowest BCUT2D eigenvalue weighted by Gasteiger charge is -2.36. The number of para-hydroxylation sites is 2. The normalized spacial score (nSPS) is 14.8. The molecule has 1 aliphatic rings. The van der Waals surface area contributed by atoms with Crippen LogP contribution in [-0.2, 0) is 12.8 Å². The summed E-state index contributed by atoms with van der Waals surface area (Å²) in [7, 11) is 0. The number of benzene rings is 1. The summed E-state index contributed by atoms with van der Waals surface area (Å²) in [5, 5.41) is 10.0. The number of hydrogen-bond donors (Lipinski definition) is 1. The molecule has 4 nitrogen and oxygen atoms in total. The van der Waals surface area contributed by atoms with Crippen LogP contribution >= 0.6 is 11.3 Å². The van der Waals surface area contributed by atoms with Crippen molar-refractivity contribution >= 4 is 22.9 Å². The molecule has 0 spiro atoms. The molecule has 1 fully saturated rings. The van der Waals surface area contributed by atoms with Crippen molar-refractivity contribution in [1.29, 1.82) is 0 Å². The minimum absolute atomic E-state index is 0.152. The van der Waals surface area contributed by atoms with Crippen molar-refractivity contribution in [3.05, 3.63) is 45.6 Å². The number of nitrogens with zero attached hydrogens (tertiary/aromatic N) is 2. The molecule has 0 saturated carbocycles. The fraction of sp³-hybridized carbons (Fsp3) is 0.450. The van der Waals surface area contributed by atoms with Gasteiger partial charge in [0, 0.05) is 31.1 Å². The van der Waals surface area contributed by atoms with Crippen LogP contribution in [0.4, 0.5) is 5.69 Å². The molecule has 0 atom stereocenters. The fourth-order valence-corrected chi connectivity index (χ4v) is 4.67. The molecule has 2 heterocycles. The van der Waals surface area contributed by atoms with Gasteiger partial charge in [0.15, 0.2) is 0 Å². The number of aryl methyl sites for hydroxylation is 2. The van der Waals surface area contributed by atoms with Gasteiger partial charge in [-0.25, -0.2) is 0 Å². The Balaban J connectivity index is 1.66. The summed E-state index contributed by atoms with van der Waals surface area (Å²) in [5.41, 5.74) is 2.17. The number of hydrogen-bond acceptors (Lipinski definition) is 4. The zero-order valence-corrected chi connectivity index (χ0v) is 15.8. The van der Waals surface area contributed by atoms with E-state index in [4.69, 9.17) is 0 Å². The number of phenols is 1. The molecule has 2 aromatic rings. The quantitative estimate of drug-likeness (QED) is 0.881. The second kappa shape index (κ2) is 7.91. The molecular weight excluding hydrogens is 332 g/mol. The highest BCUT2D eigenvalue weighted by molar-refractivity contribution is 7.14. The van der Waals surface area contributed by atoms with Crippen LogP contribution in [0.1, 0.15) is 40.4 Å². The molecule has 1 N–H and O–H groups in total. The Bertz CT molecular complexity index is 733. The first-order chi connectivity index (χ1) is 12.1. The van der Waals surface area contributed by atoms with Gasteiger partial charge in [-0.2, -0.15) is 0 Å². The number of rotatable bonds is 5. The number of carbonyl (C=O) groups excluding carboxylic acids is 1. The molecule has 1 aromatic heterocycles. The van der Waals surface area contributed by atoms with Gasteiger partial charge in [-0.15, -0.1) is 11.3 Å². The second-order valence-electron chi connectivity index (χ2n) is 6.43. The minimum atomic E-state index is 0.152. The maximum atomic E-state index is 12.9. The van der Waals surface area contributed by atoms with Crippen LogP contribution in [0.2, 0.25) is 0 Å². The highest BCUT2D eigenvalue weighted by Crippen LogP contribution is 2.29. The van der Waals surface area contributed by atoms with Crippen LogP contribution in [-0.4, -0.2) is 42.1 Å². The molecular formula is C20H26N2O2S. The third-order valence-electron chi connectivity index (χ3n) is 4.75. The Morgan fingerprint density at radius 3 is 2.52 bits per heavy atom. The van der Waals surface area contributed by atoms with E-state index in [-0.39, 0.29) is 5.91 Å². The topological polar surface area (TPSA) is 43.8 Å². The van der Waals surface area contributed by atoms with Gasteiger partial charge >= 0.3 is 0 Å². The van der Waals surface area contributed by atoms with Crippen molar-refractivity contribution < 1.29 is 9.90 Å². The molecule has 0 unspecified atom stereocenters. The highest BCUT2D eigenvalue weighted by atomic mass is 32.1. The van der Waals surface area contributed by atoms with Crippen molar-refractivity contribution in [3.8, 4) is 5.75 Å². The van der Waals surface area contributed by atoms with Crippen LogP contribution < -0.4 is 4.90 Å². The predicted molar refractivity (Wildman–Crippen MR) is 104 cm³/mol. The Morgan fingerprint density at radius 2 is 1.88 bits per heavy atom. The Labute approximate surface area is 153 Å². The predicted octanol–water partition coefficient (Wildman–Crippen LogP) is 3.93. The van der Waals surface area contributed by atoms with Crippen LogP contribution in [0, 0.1) is 0 Å². The van der Waals surface area contributed by atoms with Gasteiger partial charge in [-0.1, -0.05) is 32.4 Å². The smallest absolute Gasteiger partial charge is 0.264 e. The largest absolute Gasteiger partial charge is 0.506 e. The Morgan fingerprint density at radius 1 is 1.16 bits per heavy atom. The summed E-state index contributed by atoms with van der Waals surface area (Å²) in [5.74, 6) is 0.455. The summed E-state index contributed by atoms with van der Waals surface area (Å²) in [6, 6.07) is 9.48. The summed E-state index contributed by atoms with van der Waals surface area (Å²) in [6.07, 6.45) is 3.16. The number of carbonyl (C=O) groups is 1. The third kappa shape index (κ3) is 3.82. The first-order valence-corrected chi connectivity index (χ1v) is 9.89. The molecule has 3 rings (SSSR count). The number of amides is 1. The molecule has 134 valence electrons. The molecule has 0 aliphatic carbocycles. The third-order valence-corrected chi connectivity index (χ3v) is 5.98. The average molecular weight is 359 g/mol. The summed E-state index contributed by atoms with van der Waals surface area (Å²) in [4.78, 5) is 19.2. The van der Waals surface area contributed by atoms with Gasteiger partial charge in [0.05, 0.1) is 10.6 Å². The number of thiophene rings is 1. The van der Waals surface area contributed by atoms with E-state index in [0.29, 0.717) is 18.8 Å². The number of phenolic OH excluding ortho intramolecular Hbond substituents is 1. The zero-order valence-electron chi connectivity index (χ0n) is 15.0. The highest BCUT2D eigenvalue weighted by Gasteiger charge is 2.25. The lowest BCUT2D eigenvalue weighted by Crippen LogP contribution is -2.48.